The molecular formula is C29H12F19IO4. The first-order chi connectivity index (χ1) is 23.8. The van der Waals surface area contributed by atoms with Crippen molar-refractivity contribution in [3.63, 3.8) is 0 Å². The number of hydrogen-bond donors (Lipinski definition) is 0. The number of para-hydroxylation sites is 1. The number of hydrogen-bond acceptors (Lipinski definition) is 4. The van der Waals surface area contributed by atoms with Gasteiger partial charge in [-0.2, -0.15) is 0 Å². The van der Waals surface area contributed by atoms with E-state index in [0.29, 0.717) is 0 Å². The van der Waals surface area contributed by atoms with Gasteiger partial charge in [0, 0.05) is 0 Å². The summed E-state index contributed by atoms with van der Waals surface area (Å²) in [5.74, 6) is -73.3. The number of rotatable bonds is 11. The summed E-state index contributed by atoms with van der Waals surface area (Å²) >= 11 is -4.66. The molecule has 3 aromatic carbocycles. The average Bonchev–Trinajstić information content (AvgIpc) is 3.06. The van der Waals surface area contributed by atoms with E-state index < -0.39 is 94.1 Å². The molecule has 1 heterocycles. The summed E-state index contributed by atoms with van der Waals surface area (Å²) in [5, 5.41) is -0.486. The Hall–Kier alpha value is -4.00. The Kier molecular flexibility index (Phi) is 10.1. The van der Waals surface area contributed by atoms with E-state index in [-0.39, 0.29) is 20.1 Å². The first kappa shape index (κ1) is 41.8. The second kappa shape index (κ2) is 12.8. The molecular weight excluding hydrogens is 900 g/mol. The van der Waals surface area contributed by atoms with E-state index in [1.807, 2.05) is 0 Å². The second-order valence-corrected chi connectivity index (χ2v) is 14.9. The molecule has 0 saturated heterocycles. The summed E-state index contributed by atoms with van der Waals surface area (Å²) in [6, 6.07) is 13.4. The van der Waals surface area contributed by atoms with Gasteiger partial charge in [0.25, 0.3) is 0 Å². The number of benzene rings is 3. The molecule has 4 nitrogen and oxygen atoms in total. The van der Waals surface area contributed by atoms with Crippen LogP contribution in [0.25, 0.3) is 21.9 Å². The molecule has 0 radical (unpaired) electrons. The number of alkyl halides is 19. The van der Waals surface area contributed by atoms with Gasteiger partial charge in [-0.15, -0.1) is 0 Å². The molecule has 292 valence electrons. The van der Waals surface area contributed by atoms with Crippen molar-refractivity contribution in [1.29, 1.82) is 0 Å². The molecule has 53 heavy (non-hydrogen) atoms. The molecule has 4 aromatic rings. The Balaban J connectivity index is 1.79. The third kappa shape index (κ3) is 6.01. The standard InChI is InChI=1S/C29H12F19IO4/c30-21(31,22(32,33)23(34,35)24(36,37)25(38,39)26(40,41)27(42,43)28(44,45)29(46,47)48)20(51)53-49(13-6-2-1-3-7-13)14-10-11-18-16(12-14)19(50)15-8-4-5-9-17(15)52-18/h1-12H. The van der Waals surface area contributed by atoms with Crippen molar-refractivity contribution in [3.8, 4) is 0 Å². The van der Waals surface area contributed by atoms with E-state index in [0.717, 1.165) is 42.5 Å². The van der Waals surface area contributed by atoms with Crippen LogP contribution in [0.2, 0.25) is 0 Å². The van der Waals surface area contributed by atoms with E-state index in [2.05, 4.69) is 3.07 Å². The molecule has 0 atom stereocenters. The zero-order valence-electron chi connectivity index (χ0n) is 24.6. The molecule has 0 spiro atoms. The molecule has 0 unspecified atom stereocenters. The Morgan fingerprint density at radius 1 is 0.491 bits per heavy atom. The summed E-state index contributed by atoms with van der Waals surface area (Å²) < 4.78 is 271. The van der Waals surface area contributed by atoms with Crippen LogP contribution >= 0.6 is 20.2 Å². The van der Waals surface area contributed by atoms with Crippen molar-refractivity contribution in [1.82, 2.24) is 0 Å². The predicted molar refractivity (Wildman–Crippen MR) is 150 cm³/mol. The molecule has 0 saturated carbocycles. The summed E-state index contributed by atoms with van der Waals surface area (Å²) in [4.78, 5) is 25.5. The van der Waals surface area contributed by atoms with E-state index in [1.165, 1.54) is 30.3 Å². The number of carbonyl (C=O) groups is 1. The summed E-state index contributed by atoms with van der Waals surface area (Å²) in [7, 11) is 0. The molecule has 0 bridgehead atoms. The first-order valence-electron chi connectivity index (χ1n) is 13.4. The number of halogens is 20. The summed E-state index contributed by atoms with van der Waals surface area (Å²) in [6.45, 7) is 0. The third-order valence-corrected chi connectivity index (χ3v) is 11.7. The van der Waals surface area contributed by atoms with Crippen molar-refractivity contribution in [2.24, 2.45) is 0 Å². The molecule has 0 aliphatic heterocycles. The number of fused-ring (bicyclic) bond motifs is 2. The molecule has 0 N–H and O–H groups in total. The van der Waals surface area contributed by atoms with E-state index in [4.69, 9.17) is 4.42 Å². The molecule has 0 amide bonds. The average molecular weight is 912 g/mol. The molecule has 4 rings (SSSR count). The van der Waals surface area contributed by atoms with Crippen LogP contribution in [0.15, 0.2) is 82.0 Å². The van der Waals surface area contributed by atoms with Gasteiger partial charge < -0.3 is 0 Å². The van der Waals surface area contributed by atoms with E-state index in [1.54, 1.807) is 0 Å². The summed E-state index contributed by atoms with van der Waals surface area (Å²) in [5.41, 5.74) is -1.03. The normalized spacial score (nSPS) is 14.8. The molecule has 0 fully saturated rings. The molecule has 1 aromatic heterocycles. The van der Waals surface area contributed by atoms with Gasteiger partial charge in [-0.3, -0.25) is 0 Å². The van der Waals surface area contributed by atoms with Crippen LogP contribution < -0.4 is 5.43 Å². The molecule has 0 aliphatic carbocycles. The topological polar surface area (TPSA) is 56.5 Å². The van der Waals surface area contributed by atoms with Crippen molar-refractivity contribution < 1.29 is 95.7 Å². The van der Waals surface area contributed by atoms with Crippen molar-refractivity contribution in [3.05, 3.63) is 90.2 Å². The quantitative estimate of drug-likeness (QED) is 0.0855. The Morgan fingerprint density at radius 2 is 0.925 bits per heavy atom. The van der Waals surface area contributed by atoms with Crippen LogP contribution in [-0.4, -0.2) is 59.5 Å². The fourth-order valence-electron chi connectivity index (χ4n) is 4.23. The molecule has 0 aliphatic rings. The van der Waals surface area contributed by atoms with Gasteiger partial charge in [0.05, 0.1) is 0 Å². The maximum absolute atomic E-state index is 14.8. The maximum atomic E-state index is 14.8. The van der Waals surface area contributed by atoms with E-state index in [9.17, 15) is 93.0 Å². The fraction of sp³-hybridized carbons (Fsp3) is 0.310. The van der Waals surface area contributed by atoms with Gasteiger partial charge in [-0.25, -0.2) is 0 Å². The van der Waals surface area contributed by atoms with Crippen LogP contribution in [0.4, 0.5) is 83.4 Å². The van der Waals surface area contributed by atoms with Crippen molar-refractivity contribution >= 4 is 48.1 Å². The van der Waals surface area contributed by atoms with Crippen LogP contribution in [0.5, 0.6) is 0 Å². The van der Waals surface area contributed by atoms with Crippen molar-refractivity contribution in [2.75, 3.05) is 0 Å². The fourth-order valence-corrected chi connectivity index (χ4v) is 8.31. The Labute approximate surface area is 287 Å². The second-order valence-electron chi connectivity index (χ2n) is 10.6. The van der Waals surface area contributed by atoms with Crippen LogP contribution in [0.1, 0.15) is 0 Å². The number of carbonyl (C=O) groups excluding carboxylic acids is 1. The Morgan fingerprint density at radius 3 is 1.43 bits per heavy atom. The van der Waals surface area contributed by atoms with Crippen LogP contribution in [-0.2, 0) is 7.86 Å². The van der Waals surface area contributed by atoms with Gasteiger partial charge >= 0.3 is 288 Å². The van der Waals surface area contributed by atoms with Crippen LogP contribution in [0.3, 0.4) is 0 Å². The zero-order valence-corrected chi connectivity index (χ0v) is 26.8. The van der Waals surface area contributed by atoms with Crippen LogP contribution in [0, 0.1) is 7.14 Å². The van der Waals surface area contributed by atoms with Gasteiger partial charge in [0.1, 0.15) is 0 Å². The SMILES string of the molecule is O=C(OI(c1ccccc1)c1ccc2oc3ccccc3c(=O)c2c1)C(F)(F)C(F)(F)C(F)(F)C(F)(F)C(F)(F)C(F)(F)C(F)(F)C(F)(F)C(F)(F)F. The van der Waals surface area contributed by atoms with Gasteiger partial charge in [-0.05, 0) is 0 Å². The van der Waals surface area contributed by atoms with Gasteiger partial charge in [0.15, 0.2) is 0 Å². The predicted octanol–water partition coefficient (Wildman–Crippen LogP) is 10.6. The van der Waals surface area contributed by atoms with Crippen molar-refractivity contribution in [2.45, 2.75) is 53.6 Å². The summed E-state index contributed by atoms with van der Waals surface area (Å²) in [6.07, 6.45) is -8.00. The van der Waals surface area contributed by atoms with E-state index >= 15 is 0 Å². The monoisotopic (exact) mass is 912 g/mol. The Bertz CT molecular complexity index is 2080. The van der Waals surface area contributed by atoms with Gasteiger partial charge in [-0.1, -0.05) is 0 Å². The zero-order chi connectivity index (χ0) is 40.6. The first-order valence-corrected chi connectivity index (χ1v) is 16.4. The van der Waals surface area contributed by atoms with Gasteiger partial charge in [0.2, 0.25) is 0 Å². The minimum atomic E-state index is -9.14. The minimum absolute atomic E-state index is 0.0170. The molecule has 24 heteroatoms. The third-order valence-electron chi connectivity index (χ3n) is 7.19.